The molecule has 1 aliphatic rings. The number of nitrogens with zero attached hydrogens (tertiary/aromatic N) is 2. The van der Waals surface area contributed by atoms with Gasteiger partial charge in [-0.05, 0) is 23.3 Å². The van der Waals surface area contributed by atoms with Crippen LogP contribution in [0.25, 0.3) is 0 Å². The van der Waals surface area contributed by atoms with E-state index in [4.69, 9.17) is 23.2 Å². The van der Waals surface area contributed by atoms with E-state index >= 15 is 0 Å². The Kier molecular flexibility index (Phi) is 6.18. The normalized spacial score (nSPS) is 13.4. The van der Waals surface area contributed by atoms with Gasteiger partial charge in [0.1, 0.15) is 0 Å². The van der Waals surface area contributed by atoms with Crippen molar-refractivity contribution in [1.82, 2.24) is 9.80 Å². The molecular weight excluding hydrogens is 383 g/mol. The summed E-state index contributed by atoms with van der Waals surface area (Å²) >= 11 is 12.4. The van der Waals surface area contributed by atoms with E-state index in [0.29, 0.717) is 0 Å². The molecule has 0 N–H and O–H groups in total. The molecule has 0 saturated carbocycles. The van der Waals surface area contributed by atoms with Crippen LogP contribution in [0.2, 0.25) is 10.0 Å². The van der Waals surface area contributed by atoms with Gasteiger partial charge >= 0.3 is 0 Å². The van der Waals surface area contributed by atoms with Crippen molar-refractivity contribution in [3.05, 3.63) is 82.1 Å². The van der Waals surface area contributed by atoms with Gasteiger partial charge in [-0.25, -0.2) is 0 Å². The summed E-state index contributed by atoms with van der Waals surface area (Å²) in [5.74, 6) is 0. The first-order valence-electron chi connectivity index (χ1n) is 6.85. The van der Waals surface area contributed by atoms with Crippen LogP contribution in [0.5, 0.6) is 0 Å². The average molecular weight is 399 g/mol. The first kappa shape index (κ1) is 17.2. The molecule has 0 amide bonds. The predicted molar refractivity (Wildman–Crippen MR) is 88.0 cm³/mol. The minimum Gasteiger partial charge on any atom is -1.00 e. The van der Waals surface area contributed by atoms with Gasteiger partial charge in [-0.1, -0.05) is 59.6 Å². The maximum Gasteiger partial charge on any atom is 0.0900 e. The molecule has 1 aliphatic heterocycles. The van der Waals surface area contributed by atoms with Gasteiger partial charge in [0, 0.05) is 35.5 Å². The number of benzene rings is 2. The lowest BCUT2D eigenvalue weighted by molar-refractivity contribution is -0.00000403. The maximum atomic E-state index is 6.21. The van der Waals surface area contributed by atoms with Crippen molar-refractivity contribution < 1.29 is 17.0 Å². The molecule has 2 aromatic rings. The van der Waals surface area contributed by atoms with Crippen LogP contribution in [0.3, 0.4) is 0 Å². The van der Waals surface area contributed by atoms with Crippen molar-refractivity contribution in [2.24, 2.45) is 0 Å². The zero-order valence-electron chi connectivity index (χ0n) is 11.9. The smallest absolute Gasteiger partial charge is 0.0900 e. The zero-order valence-corrected chi connectivity index (χ0v) is 15.0. The van der Waals surface area contributed by atoms with E-state index in [0.717, 1.165) is 40.9 Å². The SMILES string of the molecule is Clc1ccccc1CN1C=CN(Cc2ccccc2Cl)C1.[Br-]. The summed E-state index contributed by atoms with van der Waals surface area (Å²) in [5.41, 5.74) is 2.28. The first-order chi connectivity index (χ1) is 10.2. The Morgan fingerprint density at radius 1 is 0.727 bits per heavy atom. The Bertz CT molecular complexity index is 605. The van der Waals surface area contributed by atoms with Gasteiger partial charge in [0.05, 0.1) is 6.67 Å². The van der Waals surface area contributed by atoms with Crippen molar-refractivity contribution in [2.75, 3.05) is 6.67 Å². The summed E-state index contributed by atoms with van der Waals surface area (Å²) in [7, 11) is 0. The van der Waals surface area contributed by atoms with E-state index in [-0.39, 0.29) is 17.0 Å². The summed E-state index contributed by atoms with van der Waals surface area (Å²) in [6.07, 6.45) is 4.19. The fourth-order valence-corrected chi connectivity index (χ4v) is 2.80. The van der Waals surface area contributed by atoms with Gasteiger partial charge in [-0.15, -0.1) is 0 Å². The molecule has 0 fully saturated rings. The summed E-state index contributed by atoms with van der Waals surface area (Å²) in [6.45, 7) is 2.47. The van der Waals surface area contributed by atoms with E-state index in [2.05, 4.69) is 34.3 Å². The molecule has 22 heavy (non-hydrogen) atoms. The van der Waals surface area contributed by atoms with Crippen LogP contribution in [-0.4, -0.2) is 16.5 Å². The van der Waals surface area contributed by atoms with Crippen molar-refractivity contribution in [1.29, 1.82) is 0 Å². The minimum atomic E-state index is 0. The second-order valence-electron chi connectivity index (χ2n) is 5.12. The van der Waals surface area contributed by atoms with Crippen LogP contribution in [-0.2, 0) is 13.1 Å². The van der Waals surface area contributed by atoms with Gasteiger partial charge in [0.2, 0.25) is 0 Å². The van der Waals surface area contributed by atoms with Gasteiger partial charge in [0.25, 0.3) is 0 Å². The highest BCUT2D eigenvalue weighted by Crippen LogP contribution is 2.22. The van der Waals surface area contributed by atoms with E-state index in [1.54, 1.807) is 0 Å². The van der Waals surface area contributed by atoms with E-state index in [9.17, 15) is 0 Å². The Balaban J connectivity index is 0.00000176. The predicted octanol–water partition coefficient (Wildman–Crippen LogP) is 1.74. The molecule has 0 radical (unpaired) electrons. The fourth-order valence-electron chi connectivity index (χ4n) is 2.41. The van der Waals surface area contributed by atoms with Gasteiger partial charge < -0.3 is 26.8 Å². The van der Waals surface area contributed by atoms with E-state index in [1.165, 1.54) is 0 Å². The zero-order chi connectivity index (χ0) is 14.7. The Labute approximate surface area is 151 Å². The molecule has 2 aromatic carbocycles. The maximum absolute atomic E-state index is 6.21. The quantitative estimate of drug-likeness (QED) is 0.774. The monoisotopic (exact) mass is 397 g/mol. The van der Waals surface area contributed by atoms with Gasteiger partial charge in [0.15, 0.2) is 0 Å². The van der Waals surface area contributed by atoms with Crippen LogP contribution in [0.4, 0.5) is 0 Å². The van der Waals surface area contributed by atoms with Gasteiger partial charge in [-0.3, -0.25) is 0 Å². The molecule has 116 valence electrons. The highest BCUT2D eigenvalue weighted by atomic mass is 79.9. The summed E-state index contributed by atoms with van der Waals surface area (Å²) in [4.78, 5) is 4.47. The van der Waals surface area contributed by atoms with Crippen molar-refractivity contribution >= 4 is 23.2 Å². The van der Waals surface area contributed by atoms with Gasteiger partial charge in [-0.2, -0.15) is 0 Å². The van der Waals surface area contributed by atoms with Crippen LogP contribution >= 0.6 is 23.2 Å². The molecular formula is C17H16BrCl2N2-. The summed E-state index contributed by atoms with van der Waals surface area (Å²) in [5, 5.41) is 1.63. The second kappa shape index (κ2) is 7.91. The van der Waals surface area contributed by atoms with Crippen molar-refractivity contribution in [2.45, 2.75) is 13.1 Å². The molecule has 2 nitrogen and oxygen atoms in total. The minimum absolute atomic E-state index is 0. The molecule has 0 saturated heterocycles. The third-order valence-corrected chi connectivity index (χ3v) is 4.25. The third kappa shape index (κ3) is 4.19. The lowest BCUT2D eigenvalue weighted by Crippen LogP contribution is -3.00. The largest absolute Gasteiger partial charge is 1.00 e. The second-order valence-corrected chi connectivity index (χ2v) is 5.93. The molecule has 0 unspecified atom stereocenters. The number of hydrogen-bond donors (Lipinski definition) is 0. The molecule has 0 spiro atoms. The van der Waals surface area contributed by atoms with Crippen LogP contribution in [0, 0.1) is 0 Å². The van der Waals surface area contributed by atoms with E-state index < -0.39 is 0 Å². The van der Waals surface area contributed by atoms with Crippen LogP contribution in [0.15, 0.2) is 60.9 Å². The molecule has 0 bridgehead atoms. The number of halogens is 3. The lowest BCUT2D eigenvalue weighted by Gasteiger charge is -2.22. The lowest BCUT2D eigenvalue weighted by atomic mass is 10.2. The van der Waals surface area contributed by atoms with Crippen LogP contribution < -0.4 is 17.0 Å². The highest BCUT2D eigenvalue weighted by molar-refractivity contribution is 6.31. The van der Waals surface area contributed by atoms with Crippen molar-refractivity contribution in [3.63, 3.8) is 0 Å². The first-order valence-corrected chi connectivity index (χ1v) is 7.61. The average Bonchev–Trinajstić information content (AvgIpc) is 2.91. The summed E-state index contributed by atoms with van der Waals surface area (Å²) in [6, 6.07) is 15.9. The molecule has 3 rings (SSSR count). The Morgan fingerprint density at radius 2 is 1.14 bits per heavy atom. The fraction of sp³-hybridized carbons (Fsp3) is 0.176. The number of rotatable bonds is 4. The molecule has 1 heterocycles. The number of hydrogen-bond acceptors (Lipinski definition) is 2. The van der Waals surface area contributed by atoms with Crippen LogP contribution in [0.1, 0.15) is 11.1 Å². The molecule has 0 aliphatic carbocycles. The molecule has 0 aromatic heterocycles. The topological polar surface area (TPSA) is 6.48 Å². The standard InChI is InChI=1S/C17H16Cl2N2.BrH/c18-16-7-3-1-5-14(16)11-20-9-10-21(13-20)12-15-6-2-4-8-17(15)19;/h1-10H,11-13H2;1H/p-1. The Morgan fingerprint density at radius 3 is 1.55 bits per heavy atom. The Hall–Kier alpha value is -1.16. The van der Waals surface area contributed by atoms with E-state index in [1.807, 2.05) is 36.4 Å². The van der Waals surface area contributed by atoms with Crippen molar-refractivity contribution in [3.8, 4) is 0 Å². The molecule has 5 heteroatoms. The summed E-state index contributed by atoms with van der Waals surface area (Å²) < 4.78 is 0. The third-order valence-electron chi connectivity index (χ3n) is 3.51. The highest BCUT2D eigenvalue weighted by Gasteiger charge is 2.14. The molecule has 0 atom stereocenters.